The third-order valence-electron chi connectivity index (χ3n) is 4.34. The molecular weight excluding hydrogens is 378 g/mol. The standard InChI is InChI=1S/C21H24F2N4S/c1-26(2)12-13-28-27(18-6-4-3-5-7-18)15-16-8-10-17(11-9-16)19-14-20(21(22)23)25-24-19/h3-11,21H,12-15H2,1-2H3. The van der Waals surface area contributed by atoms with Gasteiger partial charge in [0.25, 0.3) is 6.43 Å². The fraction of sp³-hybridized carbons (Fsp3) is 0.333. The summed E-state index contributed by atoms with van der Waals surface area (Å²) in [6.45, 7) is 1.76. The van der Waals surface area contributed by atoms with Crippen molar-refractivity contribution in [3.8, 4) is 0 Å². The highest BCUT2D eigenvalue weighted by molar-refractivity contribution is 8.00. The Labute approximate surface area is 169 Å². The first-order chi connectivity index (χ1) is 13.5. The molecule has 1 heterocycles. The van der Waals surface area contributed by atoms with Gasteiger partial charge in [0, 0.05) is 24.4 Å². The van der Waals surface area contributed by atoms with Crippen LogP contribution in [0.25, 0.3) is 0 Å². The quantitative estimate of drug-likeness (QED) is 0.569. The van der Waals surface area contributed by atoms with Crippen molar-refractivity contribution >= 4 is 29.1 Å². The number of halogens is 2. The van der Waals surface area contributed by atoms with Gasteiger partial charge in [-0.1, -0.05) is 42.5 Å². The summed E-state index contributed by atoms with van der Waals surface area (Å²) in [6, 6.07) is 18.2. The molecule has 0 amide bonds. The van der Waals surface area contributed by atoms with E-state index in [1.807, 2.05) is 42.5 Å². The topological polar surface area (TPSA) is 31.2 Å². The van der Waals surface area contributed by atoms with Gasteiger partial charge >= 0.3 is 0 Å². The number of anilines is 1. The molecule has 0 aliphatic carbocycles. The van der Waals surface area contributed by atoms with E-state index in [2.05, 4.69) is 45.6 Å². The minimum Gasteiger partial charge on any atom is -0.312 e. The molecular formula is C21H24F2N4S. The van der Waals surface area contributed by atoms with Gasteiger partial charge in [0.2, 0.25) is 0 Å². The zero-order chi connectivity index (χ0) is 19.9. The molecule has 0 saturated carbocycles. The van der Waals surface area contributed by atoms with Crippen molar-refractivity contribution in [3.05, 3.63) is 65.7 Å². The number of hydrogen-bond donors (Lipinski definition) is 0. The van der Waals surface area contributed by atoms with Crippen molar-refractivity contribution in [3.63, 3.8) is 0 Å². The molecule has 0 unspecified atom stereocenters. The first-order valence-electron chi connectivity index (χ1n) is 9.14. The van der Waals surface area contributed by atoms with Crippen LogP contribution in [0.2, 0.25) is 0 Å². The predicted molar refractivity (Wildman–Crippen MR) is 115 cm³/mol. The first kappa shape index (κ1) is 20.5. The highest BCUT2D eigenvalue weighted by Gasteiger charge is 2.21. The molecule has 2 aromatic carbocycles. The molecule has 0 aromatic heterocycles. The average molecular weight is 403 g/mol. The Hall–Kier alpha value is -2.25. The molecule has 0 N–H and O–H groups in total. The van der Waals surface area contributed by atoms with Crippen LogP contribution in [0.3, 0.4) is 0 Å². The molecule has 1 aliphatic rings. The number of benzene rings is 2. The van der Waals surface area contributed by atoms with E-state index in [1.54, 1.807) is 11.9 Å². The van der Waals surface area contributed by atoms with Crippen LogP contribution in [-0.2, 0) is 6.54 Å². The summed E-state index contributed by atoms with van der Waals surface area (Å²) in [5.74, 6) is 0.991. The van der Waals surface area contributed by atoms with E-state index in [9.17, 15) is 8.78 Å². The summed E-state index contributed by atoms with van der Waals surface area (Å²) in [6.07, 6.45) is -2.42. The molecule has 0 saturated heterocycles. The lowest BCUT2D eigenvalue weighted by molar-refractivity contribution is 0.224. The van der Waals surface area contributed by atoms with E-state index in [-0.39, 0.29) is 12.1 Å². The molecule has 0 atom stereocenters. The van der Waals surface area contributed by atoms with Gasteiger partial charge in [-0.2, -0.15) is 10.2 Å². The smallest absolute Gasteiger partial charge is 0.278 e. The molecule has 3 rings (SSSR count). The minimum absolute atomic E-state index is 0.119. The summed E-state index contributed by atoms with van der Waals surface area (Å²) in [7, 11) is 4.14. The van der Waals surface area contributed by atoms with E-state index < -0.39 is 6.43 Å². The van der Waals surface area contributed by atoms with Crippen molar-refractivity contribution in [2.24, 2.45) is 10.2 Å². The monoisotopic (exact) mass is 402 g/mol. The van der Waals surface area contributed by atoms with Gasteiger partial charge in [0.15, 0.2) is 0 Å². The van der Waals surface area contributed by atoms with Gasteiger partial charge in [0.05, 0.1) is 12.3 Å². The summed E-state index contributed by atoms with van der Waals surface area (Å²) < 4.78 is 27.8. The van der Waals surface area contributed by atoms with Crippen molar-refractivity contribution in [2.75, 3.05) is 30.7 Å². The maximum Gasteiger partial charge on any atom is 0.278 e. The molecule has 0 spiro atoms. The minimum atomic E-state index is -2.54. The first-order valence-corrected chi connectivity index (χ1v) is 10.1. The second kappa shape index (κ2) is 9.80. The summed E-state index contributed by atoms with van der Waals surface area (Å²) in [5.41, 5.74) is 3.59. The van der Waals surface area contributed by atoms with Crippen LogP contribution in [0, 0.1) is 0 Å². The number of hydrogen-bond acceptors (Lipinski definition) is 5. The van der Waals surface area contributed by atoms with Gasteiger partial charge in [0.1, 0.15) is 5.71 Å². The van der Waals surface area contributed by atoms with Crippen LogP contribution in [0.15, 0.2) is 64.8 Å². The van der Waals surface area contributed by atoms with Crippen LogP contribution < -0.4 is 4.31 Å². The Morgan fingerprint density at radius 1 is 1.00 bits per heavy atom. The van der Waals surface area contributed by atoms with Crippen molar-refractivity contribution in [2.45, 2.75) is 19.4 Å². The fourth-order valence-electron chi connectivity index (χ4n) is 2.76. The molecule has 28 heavy (non-hydrogen) atoms. The molecule has 2 aromatic rings. The van der Waals surface area contributed by atoms with Gasteiger partial charge in [-0.3, -0.25) is 0 Å². The van der Waals surface area contributed by atoms with Gasteiger partial charge < -0.3 is 9.21 Å². The number of rotatable bonds is 9. The van der Waals surface area contributed by atoms with Gasteiger partial charge in [-0.05, 0) is 49.3 Å². The Balaban J connectivity index is 1.66. The Kier molecular flexibility index (Phi) is 7.17. The predicted octanol–water partition coefficient (Wildman–Crippen LogP) is 4.72. The Morgan fingerprint density at radius 3 is 2.32 bits per heavy atom. The van der Waals surface area contributed by atoms with Gasteiger partial charge in [-0.15, -0.1) is 0 Å². The number of para-hydroxylation sites is 1. The second-order valence-corrected chi connectivity index (χ2v) is 7.93. The van der Waals surface area contributed by atoms with Gasteiger partial charge in [-0.25, -0.2) is 8.78 Å². The van der Waals surface area contributed by atoms with E-state index >= 15 is 0 Å². The molecule has 7 heteroatoms. The maximum absolute atomic E-state index is 12.7. The molecule has 4 nitrogen and oxygen atoms in total. The molecule has 1 aliphatic heterocycles. The van der Waals surface area contributed by atoms with Crippen molar-refractivity contribution in [1.82, 2.24) is 4.90 Å². The SMILES string of the molecule is CN(C)CCSN(Cc1ccc(C2=NN=C(C(F)F)C2)cc1)c1ccccc1. The van der Waals surface area contributed by atoms with Crippen LogP contribution >= 0.6 is 11.9 Å². The molecule has 0 fully saturated rings. The maximum atomic E-state index is 12.7. The normalized spacial score (nSPS) is 13.8. The van der Waals surface area contributed by atoms with E-state index in [1.165, 1.54) is 0 Å². The van der Waals surface area contributed by atoms with Crippen LogP contribution in [0.5, 0.6) is 0 Å². The van der Waals surface area contributed by atoms with Crippen molar-refractivity contribution in [1.29, 1.82) is 0 Å². The molecule has 0 bridgehead atoms. The summed E-state index contributed by atoms with van der Waals surface area (Å²) >= 11 is 1.80. The Morgan fingerprint density at radius 2 is 1.71 bits per heavy atom. The third kappa shape index (κ3) is 5.62. The summed E-state index contributed by atoms with van der Waals surface area (Å²) in [4.78, 5) is 2.17. The molecule has 0 radical (unpaired) electrons. The second-order valence-electron chi connectivity index (χ2n) is 6.82. The fourth-order valence-corrected chi connectivity index (χ4v) is 3.93. The number of alkyl halides is 2. The third-order valence-corrected chi connectivity index (χ3v) is 5.36. The summed E-state index contributed by atoms with van der Waals surface area (Å²) in [5, 5.41) is 7.50. The van der Waals surface area contributed by atoms with E-state index in [0.717, 1.165) is 35.7 Å². The van der Waals surface area contributed by atoms with Crippen LogP contribution in [-0.4, -0.2) is 49.1 Å². The van der Waals surface area contributed by atoms with Crippen molar-refractivity contribution < 1.29 is 8.78 Å². The lowest BCUT2D eigenvalue weighted by atomic mass is 10.0. The zero-order valence-electron chi connectivity index (χ0n) is 16.1. The average Bonchev–Trinajstić information content (AvgIpc) is 3.19. The van der Waals surface area contributed by atoms with Crippen LogP contribution in [0.1, 0.15) is 17.5 Å². The van der Waals surface area contributed by atoms with E-state index in [4.69, 9.17) is 0 Å². The van der Waals surface area contributed by atoms with E-state index in [0.29, 0.717) is 5.71 Å². The largest absolute Gasteiger partial charge is 0.312 e. The lowest BCUT2D eigenvalue weighted by Crippen LogP contribution is -2.20. The highest BCUT2D eigenvalue weighted by Crippen LogP contribution is 2.25. The van der Waals surface area contributed by atoms with Crippen LogP contribution in [0.4, 0.5) is 14.5 Å². The number of nitrogens with zero attached hydrogens (tertiary/aromatic N) is 4. The lowest BCUT2D eigenvalue weighted by Gasteiger charge is -2.24. The molecule has 148 valence electrons. The Bertz CT molecular complexity index is 820. The highest BCUT2D eigenvalue weighted by atomic mass is 32.2. The zero-order valence-corrected chi connectivity index (χ0v) is 16.9.